The number of imidazole rings is 1. The summed E-state index contributed by atoms with van der Waals surface area (Å²) in [4.78, 5) is 17.5. The standard InChI is InChI=1S/C25H26FN5O3/c1-15-18(9-17-4-3-16(11-21(17)26)19-12-28-30(2)13-19)10-20(24-27-6-7-31(15)24)25(33)29-22-5-8-34-14-23(22)32/h3-4,6-7,10-13,22-23,32H,5,8-9,14H2,1-2H3,(H,29,33)/t22-,23-/m0/s1. The first kappa shape index (κ1) is 22.2. The van der Waals surface area contributed by atoms with Crippen LogP contribution in [0.5, 0.6) is 0 Å². The molecule has 34 heavy (non-hydrogen) atoms. The first-order chi connectivity index (χ1) is 16.4. The van der Waals surface area contributed by atoms with Gasteiger partial charge in [-0.1, -0.05) is 12.1 Å². The number of aryl methyl sites for hydroxylation is 2. The molecular formula is C25H26FN5O3. The second kappa shape index (κ2) is 9.00. The molecule has 9 heteroatoms. The van der Waals surface area contributed by atoms with E-state index in [2.05, 4.69) is 15.4 Å². The fourth-order valence-electron chi connectivity index (χ4n) is 4.40. The molecule has 0 radical (unpaired) electrons. The molecule has 1 aliphatic rings. The van der Waals surface area contributed by atoms with Gasteiger partial charge < -0.3 is 19.6 Å². The zero-order valence-electron chi connectivity index (χ0n) is 19.0. The zero-order chi connectivity index (χ0) is 23.8. The van der Waals surface area contributed by atoms with Crippen LogP contribution in [0.2, 0.25) is 0 Å². The molecule has 1 aliphatic heterocycles. The number of fused-ring (bicyclic) bond motifs is 1. The van der Waals surface area contributed by atoms with Crippen LogP contribution in [0.1, 0.15) is 33.6 Å². The van der Waals surface area contributed by atoms with Crippen molar-refractivity contribution in [1.82, 2.24) is 24.5 Å². The molecular weight excluding hydrogens is 437 g/mol. The second-order valence-corrected chi connectivity index (χ2v) is 8.69. The Kier molecular flexibility index (Phi) is 5.89. The Labute approximate surface area is 196 Å². The van der Waals surface area contributed by atoms with E-state index in [1.165, 1.54) is 6.07 Å². The van der Waals surface area contributed by atoms with E-state index in [9.17, 15) is 9.90 Å². The number of hydrogen-bond donors (Lipinski definition) is 2. The van der Waals surface area contributed by atoms with Crippen molar-refractivity contribution in [2.45, 2.75) is 31.9 Å². The van der Waals surface area contributed by atoms with Crippen LogP contribution < -0.4 is 5.32 Å². The first-order valence-corrected chi connectivity index (χ1v) is 11.2. The van der Waals surface area contributed by atoms with Crippen LogP contribution >= 0.6 is 0 Å². The van der Waals surface area contributed by atoms with Crippen molar-refractivity contribution in [2.75, 3.05) is 13.2 Å². The molecule has 2 atom stereocenters. The van der Waals surface area contributed by atoms with Crippen molar-refractivity contribution >= 4 is 11.6 Å². The maximum atomic E-state index is 15.1. The minimum absolute atomic E-state index is 0.192. The minimum atomic E-state index is -0.759. The number of aliphatic hydroxyl groups excluding tert-OH is 1. The number of ether oxygens (including phenoxy) is 1. The highest BCUT2D eigenvalue weighted by molar-refractivity contribution is 6.00. The molecule has 4 heterocycles. The SMILES string of the molecule is Cc1c(Cc2ccc(-c3cnn(C)c3)cc2F)cc(C(=O)N[C@H]2CCOC[C@@H]2O)c2nccn12. The number of carbonyl (C=O) groups is 1. The lowest BCUT2D eigenvalue weighted by atomic mass is 9.98. The van der Waals surface area contributed by atoms with Gasteiger partial charge in [0.15, 0.2) is 0 Å². The van der Waals surface area contributed by atoms with Gasteiger partial charge in [-0.2, -0.15) is 5.10 Å². The zero-order valence-corrected chi connectivity index (χ0v) is 19.0. The molecule has 1 amide bonds. The minimum Gasteiger partial charge on any atom is -0.389 e. The van der Waals surface area contributed by atoms with E-state index in [0.29, 0.717) is 36.2 Å². The van der Waals surface area contributed by atoms with Gasteiger partial charge in [0.05, 0.1) is 30.5 Å². The van der Waals surface area contributed by atoms with Gasteiger partial charge in [0, 0.05) is 49.9 Å². The fourth-order valence-corrected chi connectivity index (χ4v) is 4.40. The van der Waals surface area contributed by atoms with Crippen LogP contribution in [0.15, 0.2) is 49.1 Å². The van der Waals surface area contributed by atoms with Gasteiger partial charge in [-0.05, 0) is 42.2 Å². The normalized spacial score (nSPS) is 18.4. The Morgan fingerprint density at radius 2 is 2.15 bits per heavy atom. The maximum absolute atomic E-state index is 15.1. The molecule has 1 saturated heterocycles. The third-order valence-corrected chi connectivity index (χ3v) is 6.39. The van der Waals surface area contributed by atoms with E-state index in [1.807, 2.05) is 30.6 Å². The number of carbonyl (C=O) groups excluding carboxylic acids is 1. The third kappa shape index (κ3) is 4.20. The molecule has 4 aromatic rings. The van der Waals surface area contributed by atoms with Crippen molar-refractivity contribution in [1.29, 1.82) is 0 Å². The van der Waals surface area contributed by atoms with E-state index in [4.69, 9.17) is 4.74 Å². The largest absolute Gasteiger partial charge is 0.389 e. The number of halogens is 1. The summed E-state index contributed by atoms with van der Waals surface area (Å²) in [5.74, 6) is -0.640. The fraction of sp³-hybridized carbons (Fsp3) is 0.320. The molecule has 0 unspecified atom stereocenters. The highest BCUT2D eigenvalue weighted by Gasteiger charge is 2.27. The topological polar surface area (TPSA) is 93.7 Å². The van der Waals surface area contributed by atoms with Gasteiger partial charge in [0.25, 0.3) is 5.91 Å². The van der Waals surface area contributed by atoms with Crippen LogP contribution in [0.25, 0.3) is 16.8 Å². The van der Waals surface area contributed by atoms with E-state index < -0.39 is 12.1 Å². The Bertz CT molecular complexity index is 1360. The smallest absolute Gasteiger partial charge is 0.255 e. The van der Waals surface area contributed by atoms with Gasteiger partial charge in [0.2, 0.25) is 0 Å². The number of rotatable bonds is 5. The van der Waals surface area contributed by atoms with Crippen LogP contribution in [0.4, 0.5) is 4.39 Å². The highest BCUT2D eigenvalue weighted by Crippen LogP contribution is 2.25. The lowest BCUT2D eigenvalue weighted by Gasteiger charge is -2.28. The first-order valence-electron chi connectivity index (χ1n) is 11.2. The molecule has 1 aromatic carbocycles. The van der Waals surface area contributed by atoms with Crippen LogP contribution in [0.3, 0.4) is 0 Å². The number of amides is 1. The number of nitrogens with one attached hydrogen (secondary N) is 1. The average Bonchev–Trinajstić information content (AvgIpc) is 3.48. The highest BCUT2D eigenvalue weighted by atomic mass is 19.1. The predicted octanol–water partition coefficient (Wildman–Crippen LogP) is 2.65. The summed E-state index contributed by atoms with van der Waals surface area (Å²) in [6.45, 7) is 2.60. The molecule has 0 aliphatic carbocycles. The molecule has 1 fully saturated rings. The Morgan fingerprint density at radius 1 is 1.29 bits per heavy atom. The summed E-state index contributed by atoms with van der Waals surface area (Å²) in [5.41, 5.74) is 4.73. The maximum Gasteiger partial charge on any atom is 0.255 e. The number of aliphatic hydroxyl groups is 1. The summed E-state index contributed by atoms with van der Waals surface area (Å²) in [7, 11) is 1.82. The average molecular weight is 464 g/mol. The number of pyridine rings is 1. The van der Waals surface area contributed by atoms with E-state index in [0.717, 1.165) is 22.4 Å². The van der Waals surface area contributed by atoms with Crippen molar-refractivity contribution in [3.8, 4) is 11.1 Å². The number of nitrogens with zero attached hydrogens (tertiary/aromatic N) is 4. The number of aromatic nitrogens is 4. The monoisotopic (exact) mass is 463 g/mol. The second-order valence-electron chi connectivity index (χ2n) is 8.69. The molecule has 8 nitrogen and oxygen atoms in total. The van der Waals surface area contributed by atoms with Gasteiger partial charge in [-0.3, -0.25) is 9.48 Å². The summed E-state index contributed by atoms with van der Waals surface area (Å²) < 4.78 is 23.8. The lowest BCUT2D eigenvalue weighted by molar-refractivity contribution is -0.0260. The van der Waals surface area contributed by atoms with Crippen molar-refractivity contribution in [2.24, 2.45) is 7.05 Å². The molecule has 2 N–H and O–H groups in total. The van der Waals surface area contributed by atoms with Crippen molar-refractivity contribution < 1.29 is 19.0 Å². The lowest BCUT2D eigenvalue weighted by Crippen LogP contribution is -2.48. The van der Waals surface area contributed by atoms with E-state index >= 15 is 4.39 Å². The number of benzene rings is 1. The molecule has 5 rings (SSSR count). The molecule has 0 saturated carbocycles. The Morgan fingerprint density at radius 3 is 2.88 bits per heavy atom. The summed E-state index contributed by atoms with van der Waals surface area (Å²) in [6.07, 6.45) is 7.05. The molecule has 0 spiro atoms. The summed E-state index contributed by atoms with van der Waals surface area (Å²) >= 11 is 0. The summed E-state index contributed by atoms with van der Waals surface area (Å²) in [6, 6.07) is 6.54. The van der Waals surface area contributed by atoms with Gasteiger partial charge >= 0.3 is 0 Å². The molecule has 176 valence electrons. The number of hydrogen-bond acceptors (Lipinski definition) is 5. The van der Waals surface area contributed by atoms with Gasteiger partial charge in [0.1, 0.15) is 11.5 Å². The van der Waals surface area contributed by atoms with Crippen LogP contribution in [-0.2, 0) is 18.2 Å². The quantitative estimate of drug-likeness (QED) is 0.475. The summed E-state index contributed by atoms with van der Waals surface area (Å²) in [5, 5.41) is 17.2. The van der Waals surface area contributed by atoms with Crippen LogP contribution in [-0.4, -0.2) is 55.5 Å². The molecule has 0 bridgehead atoms. The van der Waals surface area contributed by atoms with Crippen molar-refractivity contribution in [3.05, 3.63) is 77.3 Å². The van der Waals surface area contributed by atoms with Crippen LogP contribution in [0, 0.1) is 12.7 Å². The van der Waals surface area contributed by atoms with Gasteiger partial charge in [-0.25, -0.2) is 9.37 Å². The van der Waals surface area contributed by atoms with Crippen molar-refractivity contribution in [3.63, 3.8) is 0 Å². The van der Waals surface area contributed by atoms with E-state index in [1.54, 1.807) is 35.4 Å². The Balaban J connectivity index is 1.46. The third-order valence-electron chi connectivity index (χ3n) is 6.39. The Hall–Kier alpha value is -3.56. The predicted molar refractivity (Wildman–Crippen MR) is 124 cm³/mol. The van der Waals surface area contributed by atoms with E-state index in [-0.39, 0.29) is 18.3 Å². The van der Waals surface area contributed by atoms with Gasteiger partial charge in [-0.15, -0.1) is 0 Å². The molecule has 3 aromatic heterocycles.